The molecule has 1 aromatic heterocycles. The number of anilines is 1. The number of aryl methyl sites for hydroxylation is 4. The van der Waals surface area contributed by atoms with Crippen LogP contribution >= 0.6 is 11.6 Å². The lowest BCUT2D eigenvalue weighted by molar-refractivity contribution is 0.706. The van der Waals surface area contributed by atoms with Gasteiger partial charge in [0.15, 0.2) is 0 Å². The maximum Gasteiger partial charge on any atom is 0.0868 e. The molecule has 0 radical (unpaired) electrons. The molecule has 1 heterocycles. The van der Waals surface area contributed by atoms with Gasteiger partial charge in [-0.05, 0) is 30.4 Å². The van der Waals surface area contributed by atoms with E-state index < -0.39 is 0 Å². The van der Waals surface area contributed by atoms with E-state index in [-0.39, 0.29) is 0 Å². The first kappa shape index (κ1) is 15.9. The quantitative estimate of drug-likeness (QED) is 0.858. The number of benzene rings is 1. The van der Waals surface area contributed by atoms with Crippen LogP contribution in [0.3, 0.4) is 0 Å². The van der Waals surface area contributed by atoms with Gasteiger partial charge in [0, 0.05) is 12.7 Å². The van der Waals surface area contributed by atoms with Gasteiger partial charge in [-0.15, -0.1) is 0 Å². The molecule has 2 rings (SSSR count). The van der Waals surface area contributed by atoms with Gasteiger partial charge in [0.25, 0.3) is 0 Å². The lowest BCUT2D eigenvalue weighted by Crippen LogP contribution is -2.09. The highest BCUT2D eigenvalue weighted by Crippen LogP contribution is 2.26. The summed E-state index contributed by atoms with van der Waals surface area (Å²) in [4.78, 5) is 0. The fraction of sp³-hybridized carbons (Fsp3) is 0.471. The Morgan fingerprint density at radius 3 is 2.19 bits per heavy atom. The summed E-state index contributed by atoms with van der Waals surface area (Å²) in [5.41, 5.74) is 5.96. The van der Waals surface area contributed by atoms with Crippen LogP contribution in [0.2, 0.25) is 5.02 Å². The van der Waals surface area contributed by atoms with E-state index in [1.807, 2.05) is 11.7 Å². The van der Waals surface area contributed by atoms with E-state index >= 15 is 0 Å². The molecule has 21 heavy (non-hydrogen) atoms. The summed E-state index contributed by atoms with van der Waals surface area (Å²) in [6.45, 7) is 7.15. The molecular weight excluding hydrogens is 282 g/mol. The molecule has 0 saturated carbocycles. The van der Waals surface area contributed by atoms with E-state index in [0.717, 1.165) is 35.7 Å². The summed E-state index contributed by atoms with van der Waals surface area (Å²) in [6, 6.07) is 6.50. The Bertz CT molecular complexity index is 594. The van der Waals surface area contributed by atoms with Crippen LogP contribution in [-0.4, -0.2) is 9.78 Å². The minimum atomic E-state index is 0.701. The average Bonchev–Trinajstić information content (AvgIpc) is 2.78. The lowest BCUT2D eigenvalue weighted by Gasteiger charge is -2.15. The van der Waals surface area contributed by atoms with Crippen molar-refractivity contribution in [3.8, 4) is 0 Å². The van der Waals surface area contributed by atoms with Gasteiger partial charge >= 0.3 is 0 Å². The predicted octanol–water partition coefficient (Wildman–Crippen LogP) is 4.37. The van der Waals surface area contributed by atoms with Crippen LogP contribution < -0.4 is 5.32 Å². The summed E-state index contributed by atoms with van der Waals surface area (Å²) in [7, 11) is 1.95. The van der Waals surface area contributed by atoms with Crippen LogP contribution in [0.5, 0.6) is 0 Å². The van der Waals surface area contributed by atoms with Crippen molar-refractivity contribution < 1.29 is 0 Å². The molecular formula is C17H24ClN3. The second-order valence-corrected chi connectivity index (χ2v) is 5.57. The Balaban J connectivity index is 2.26. The molecule has 0 fully saturated rings. The summed E-state index contributed by atoms with van der Waals surface area (Å²) in [5.74, 6) is 0. The summed E-state index contributed by atoms with van der Waals surface area (Å²) >= 11 is 6.42. The lowest BCUT2D eigenvalue weighted by atomic mass is 10.0. The third kappa shape index (κ3) is 3.24. The Morgan fingerprint density at radius 2 is 1.71 bits per heavy atom. The third-order valence-electron chi connectivity index (χ3n) is 3.93. The van der Waals surface area contributed by atoms with Crippen molar-refractivity contribution in [2.24, 2.45) is 7.05 Å². The van der Waals surface area contributed by atoms with Crippen molar-refractivity contribution in [2.75, 3.05) is 5.32 Å². The first-order valence-electron chi connectivity index (χ1n) is 7.67. The minimum absolute atomic E-state index is 0.701. The maximum atomic E-state index is 6.42. The van der Waals surface area contributed by atoms with Crippen LogP contribution in [0.15, 0.2) is 18.2 Å². The molecule has 0 aliphatic carbocycles. The van der Waals surface area contributed by atoms with Crippen molar-refractivity contribution in [1.29, 1.82) is 0 Å². The number of hydrogen-bond donors (Lipinski definition) is 1. The molecule has 114 valence electrons. The van der Waals surface area contributed by atoms with Crippen LogP contribution in [0.1, 0.15) is 43.3 Å². The van der Waals surface area contributed by atoms with E-state index in [1.165, 1.54) is 16.8 Å². The molecule has 0 spiro atoms. The predicted molar refractivity (Wildman–Crippen MR) is 90.1 cm³/mol. The molecule has 0 amide bonds. The largest absolute Gasteiger partial charge is 0.379 e. The average molecular weight is 306 g/mol. The van der Waals surface area contributed by atoms with Gasteiger partial charge < -0.3 is 5.32 Å². The smallest absolute Gasteiger partial charge is 0.0868 e. The Kier molecular flexibility index (Phi) is 5.29. The standard InChI is InChI=1S/C17H24ClN3/c1-5-12-9-8-10-13(6-2)17(12)19-11-15-16(18)14(7-3)20-21(15)4/h8-10,19H,5-7,11H2,1-4H3. The Labute approximate surface area is 132 Å². The van der Waals surface area contributed by atoms with Gasteiger partial charge in [0.1, 0.15) is 0 Å². The second-order valence-electron chi connectivity index (χ2n) is 5.20. The topological polar surface area (TPSA) is 29.9 Å². The molecule has 0 aliphatic rings. The van der Waals surface area contributed by atoms with E-state index in [9.17, 15) is 0 Å². The number of rotatable bonds is 6. The fourth-order valence-corrected chi connectivity index (χ4v) is 3.01. The van der Waals surface area contributed by atoms with Gasteiger partial charge in [-0.1, -0.05) is 50.6 Å². The van der Waals surface area contributed by atoms with E-state index in [2.05, 4.69) is 49.4 Å². The fourth-order valence-electron chi connectivity index (χ4n) is 2.65. The molecule has 1 aromatic carbocycles. The van der Waals surface area contributed by atoms with Crippen molar-refractivity contribution in [3.63, 3.8) is 0 Å². The van der Waals surface area contributed by atoms with Crippen LogP contribution in [0.4, 0.5) is 5.69 Å². The summed E-state index contributed by atoms with van der Waals surface area (Å²) < 4.78 is 1.88. The SMILES string of the molecule is CCc1cccc(CC)c1NCc1c(Cl)c(CC)nn1C. The second kappa shape index (κ2) is 6.99. The molecule has 4 heteroatoms. The molecule has 2 aromatic rings. The highest BCUT2D eigenvalue weighted by Gasteiger charge is 2.14. The molecule has 0 aliphatic heterocycles. The zero-order valence-corrected chi connectivity index (χ0v) is 14.1. The van der Waals surface area contributed by atoms with Crippen molar-refractivity contribution in [3.05, 3.63) is 45.7 Å². The van der Waals surface area contributed by atoms with E-state index in [0.29, 0.717) is 6.54 Å². The molecule has 1 N–H and O–H groups in total. The van der Waals surface area contributed by atoms with E-state index in [4.69, 9.17) is 11.6 Å². The van der Waals surface area contributed by atoms with Crippen molar-refractivity contribution >= 4 is 17.3 Å². The van der Waals surface area contributed by atoms with Gasteiger partial charge in [0.05, 0.1) is 23.0 Å². The molecule has 0 saturated heterocycles. The van der Waals surface area contributed by atoms with Gasteiger partial charge in [-0.3, -0.25) is 4.68 Å². The van der Waals surface area contributed by atoms with Gasteiger partial charge in [0.2, 0.25) is 0 Å². The van der Waals surface area contributed by atoms with E-state index in [1.54, 1.807) is 0 Å². The normalized spacial score (nSPS) is 10.9. The number of nitrogens with one attached hydrogen (secondary N) is 1. The monoisotopic (exact) mass is 305 g/mol. The Hall–Kier alpha value is -1.48. The summed E-state index contributed by atoms with van der Waals surface area (Å²) in [5, 5.41) is 8.84. The number of hydrogen-bond acceptors (Lipinski definition) is 2. The molecule has 0 bridgehead atoms. The third-order valence-corrected chi connectivity index (χ3v) is 4.37. The number of halogens is 1. The van der Waals surface area contributed by atoms with Crippen LogP contribution in [-0.2, 0) is 32.9 Å². The zero-order chi connectivity index (χ0) is 15.4. The van der Waals surface area contributed by atoms with Crippen molar-refractivity contribution in [2.45, 2.75) is 46.6 Å². The maximum absolute atomic E-state index is 6.42. The highest BCUT2D eigenvalue weighted by atomic mass is 35.5. The molecule has 0 unspecified atom stereocenters. The van der Waals surface area contributed by atoms with Crippen molar-refractivity contribution in [1.82, 2.24) is 9.78 Å². The first-order chi connectivity index (χ1) is 10.1. The number of aromatic nitrogens is 2. The van der Waals surface area contributed by atoms with Gasteiger partial charge in [-0.2, -0.15) is 5.10 Å². The molecule has 3 nitrogen and oxygen atoms in total. The number of para-hydroxylation sites is 1. The highest BCUT2D eigenvalue weighted by molar-refractivity contribution is 6.31. The minimum Gasteiger partial charge on any atom is -0.379 e. The number of nitrogens with zero attached hydrogens (tertiary/aromatic N) is 2. The molecule has 0 atom stereocenters. The Morgan fingerprint density at radius 1 is 1.10 bits per heavy atom. The van der Waals surface area contributed by atoms with Crippen LogP contribution in [0.25, 0.3) is 0 Å². The van der Waals surface area contributed by atoms with Gasteiger partial charge in [-0.25, -0.2) is 0 Å². The van der Waals surface area contributed by atoms with Crippen LogP contribution in [0, 0.1) is 0 Å². The zero-order valence-electron chi connectivity index (χ0n) is 13.3. The first-order valence-corrected chi connectivity index (χ1v) is 8.04. The summed E-state index contributed by atoms with van der Waals surface area (Å²) in [6.07, 6.45) is 2.91.